The van der Waals surface area contributed by atoms with Crippen LogP contribution in [0.2, 0.25) is 0 Å². The van der Waals surface area contributed by atoms with Crippen LogP contribution in [0.3, 0.4) is 0 Å². The maximum Gasteiger partial charge on any atom is 0.267 e. The van der Waals surface area contributed by atoms with Crippen molar-refractivity contribution in [2.24, 2.45) is 5.73 Å². The second-order valence-corrected chi connectivity index (χ2v) is 8.47. The smallest absolute Gasteiger partial charge is 0.267 e. The number of pyridine rings is 1. The lowest BCUT2D eigenvalue weighted by atomic mass is 10.2. The molecule has 1 fully saturated rings. The number of carbonyl (C=O) groups excluding carboxylic acids is 1. The maximum atomic E-state index is 12.7. The predicted octanol–water partition coefficient (Wildman–Crippen LogP) is 1.45. The van der Waals surface area contributed by atoms with E-state index < -0.39 is 15.9 Å². The van der Waals surface area contributed by atoms with Crippen molar-refractivity contribution in [3.05, 3.63) is 52.8 Å². The fraction of sp³-hybridized carbons (Fsp3) is 0.250. The van der Waals surface area contributed by atoms with Gasteiger partial charge in [-0.15, -0.1) is 0 Å². The molecule has 1 aromatic carbocycles. The van der Waals surface area contributed by atoms with Gasteiger partial charge in [0, 0.05) is 42.5 Å². The number of anilines is 1. The van der Waals surface area contributed by atoms with Gasteiger partial charge in [0.1, 0.15) is 5.69 Å². The highest BCUT2D eigenvalue weighted by Crippen LogP contribution is 2.23. The van der Waals surface area contributed by atoms with Gasteiger partial charge >= 0.3 is 0 Å². The van der Waals surface area contributed by atoms with Gasteiger partial charge in [0.15, 0.2) is 0 Å². The molecule has 1 saturated heterocycles. The fourth-order valence-corrected chi connectivity index (χ4v) is 4.73. The minimum absolute atomic E-state index is 0.196. The average Bonchev–Trinajstić information content (AvgIpc) is 2.62. The van der Waals surface area contributed by atoms with Gasteiger partial charge in [0.2, 0.25) is 10.0 Å². The summed E-state index contributed by atoms with van der Waals surface area (Å²) in [4.78, 5) is 17.5. The van der Waals surface area contributed by atoms with E-state index in [-0.39, 0.29) is 10.6 Å². The first-order valence-electron chi connectivity index (χ1n) is 7.64. The van der Waals surface area contributed by atoms with Crippen LogP contribution >= 0.6 is 15.9 Å². The molecule has 7 nitrogen and oxygen atoms in total. The van der Waals surface area contributed by atoms with Crippen LogP contribution in [0.25, 0.3) is 0 Å². The first kappa shape index (κ1) is 17.8. The Morgan fingerprint density at radius 3 is 2.48 bits per heavy atom. The van der Waals surface area contributed by atoms with Crippen molar-refractivity contribution in [2.75, 3.05) is 31.1 Å². The standard InChI is InChI=1S/C16H17BrN4O3S/c17-12-2-1-3-14(10-12)25(23,24)21-8-6-20(7-9-21)13-4-5-19-15(11-13)16(18)22/h1-5,10-11H,6-9H2,(H2,18,22). The zero-order chi connectivity index (χ0) is 18.0. The van der Waals surface area contributed by atoms with Crippen molar-refractivity contribution >= 4 is 37.5 Å². The molecular weight excluding hydrogens is 408 g/mol. The average molecular weight is 425 g/mol. The van der Waals surface area contributed by atoms with Crippen LogP contribution in [0.15, 0.2) is 52.0 Å². The van der Waals surface area contributed by atoms with Crippen LogP contribution in [0.4, 0.5) is 5.69 Å². The molecule has 1 aliphatic heterocycles. The van der Waals surface area contributed by atoms with Gasteiger partial charge in [-0.05, 0) is 30.3 Å². The third kappa shape index (κ3) is 3.83. The SMILES string of the molecule is NC(=O)c1cc(N2CCN(S(=O)(=O)c3cccc(Br)c3)CC2)ccn1. The summed E-state index contributed by atoms with van der Waals surface area (Å²) in [5.74, 6) is -0.585. The van der Waals surface area contributed by atoms with E-state index in [0.29, 0.717) is 26.2 Å². The van der Waals surface area contributed by atoms with Crippen LogP contribution in [0, 0.1) is 0 Å². The fourth-order valence-electron chi connectivity index (χ4n) is 2.71. The number of carbonyl (C=O) groups is 1. The number of halogens is 1. The van der Waals surface area contributed by atoms with Crippen molar-refractivity contribution in [3.63, 3.8) is 0 Å². The first-order chi connectivity index (χ1) is 11.9. The van der Waals surface area contributed by atoms with E-state index in [0.717, 1.165) is 10.2 Å². The van der Waals surface area contributed by atoms with E-state index in [4.69, 9.17) is 5.73 Å². The summed E-state index contributed by atoms with van der Waals surface area (Å²) >= 11 is 3.30. The molecule has 132 valence electrons. The van der Waals surface area contributed by atoms with Gasteiger partial charge in [-0.3, -0.25) is 9.78 Å². The van der Waals surface area contributed by atoms with Gasteiger partial charge in [-0.25, -0.2) is 8.42 Å². The Morgan fingerprint density at radius 1 is 1.12 bits per heavy atom. The Bertz CT molecular complexity index is 896. The van der Waals surface area contributed by atoms with Gasteiger partial charge in [0.05, 0.1) is 4.90 Å². The van der Waals surface area contributed by atoms with E-state index in [2.05, 4.69) is 20.9 Å². The summed E-state index contributed by atoms with van der Waals surface area (Å²) in [6, 6.07) is 10.1. The summed E-state index contributed by atoms with van der Waals surface area (Å²) in [7, 11) is -3.52. The minimum Gasteiger partial charge on any atom is -0.369 e. The number of amides is 1. The molecule has 0 radical (unpaired) electrons. The number of rotatable bonds is 4. The van der Waals surface area contributed by atoms with Crippen LogP contribution in [0.1, 0.15) is 10.5 Å². The number of aromatic nitrogens is 1. The molecule has 1 amide bonds. The zero-order valence-corrected chi connectivity index (χ0v) is 15.7. The molecule has 1 aliphatic rings. The Hall–Kier alpha value is -1.97. The molecule has 0 spiro atoms. The van der Waals surface area contributed by atoms with Crippen LogP contribution in [-0.4, -0.2) is 49.8 Å². The Kier molecular flexibility index (Phi) is 5.07. The summed E-state index contributed by atoms with van der Waals surface area (Å²) in [5.41, 5.74) is 6.26. The number of hydrogen-bond donors (Lipinski definition) is 1. The molecule has 2 N–H and O–H groups in total. The van der Waals surface area contributed by atoms with Gasteiger partial charge in [-0.2, -0.15) is 4.31 Å². The third-order valence-corrected chi connectivity index (χ3v) is 6.42. The number of nitrogens with two attached hydrogens (primary N) is 1. The van der Waals surface area contributed by atoms with E-state index in [9.17, 15) is 13.2 Å². The summed E-state index contributed by atoms with van der Waals surface area (Å²) in [6.07, 6.45) is 1.53. The molecule has 2 aromatic rings. The quantitative estimate of drug-likeness (QED) is 0.800. The van der Waals surface area contributed by atoms with Crippen molar-refractivity contribution in [3.8, 4) is 0 Å². The number of benzene rings is 1. The highest BCUT2D eigenvalue weighted by Gasteiger charge is 2.28. The van der Waals surface area contributed by atoms with Gasteiger partial charge in [0.25, 0.3) is 5.91 Å². The van der Waals surface area contributed by atoms with Crippen molar-refractivity contribution in [2.45, 2.75) is 4.90 Å². The van der Waals surface area contributed by atoms with Gasteiger partial charge in [-0.1, -0.05) is 22.0 Å². The van der Waals surface area contributed by atoms with E-state index in [1.54, 1.807) is 36.4 Å². The largest absolute Gasteiger partial charge is 0.369 e. The van der Waals surface area contributed by atoms with Crippen molar-refractivity contribution in [1.82, 2.24) is 9.29 Å². The summed E-state index contributed by atoms with van der Waals surface area (Å²) in [6.45, 7) is 1.77. The Morgan fingerprint density at radius 2 is 1.84 bits per heavy atom. The van der Waals surface area contributed by atoms with Crippen molar-refractivity contribution < 1.29 is 13.2 Å². The Labute approximate surface area is 154 Å². The highest BCUT2D eigenvalue weighted by molar-refractivity contribution is 9.10. The third-order valence-electron chi connectivity index (χ3n) is 4.03. The second-order valence-electron chi connectivity index (χ2n) is 5.61. The molecule has 0 bridgehead atoms. The molecular formula is C16H17BrN4O3S. The monoisotopic (exact) mass is 424 g/mol. The molecule has 2 heterocycles. The number of nitrogens with zero attached hydrogens (tertiary/aromatic N) is 3. The van der Waals surface area contributed by atoms with Crippen LogP contribution in [0.5, 0.6) is 0 Å². The molecule has 3 rings (SSSR count). The summed E-state index contributed by atoms with van der Waals surface area (Å²) < 4.78 is 27.7. The molecule has 0 saturated carbocycles. The number of primary amides is 1. The van der Waals surface area contributed by atoms with Gasteiger partial charge < -0.3 is 10.6 Å². The molecule has 25 heavy (non-hydrogen) atoms. The highest BCUT2D eigenvalue weighted by atomic mass is 79.9. The topological polar surface area (TPSA) is 96.6 Å². The number of sulfonamides is 1. The number of hydrogen-bond acceptors (Lipinski definition) is 5. The predicted molar refractivity (Wildman–Crippen MR) is 97.9 cm³/mol. The van der Waals surface area contributed by atoms with E-state index >= 15 is 0 Å². The lowest BCUT2D eigenvalue weighted by Gasteiger charge is -2.35. The van der Waals surface area contributed by atoms with E-state index in [1.807, 2.05) is 4.90 Å². The molecule has 0 aliphatic carbocycles. The Balaban J connectivity index is 1.73. The number of piperazine rings is 1. The maximum absolute atomic E-state index is 12.7. The first-order valence-corrected chi connectivity index (χ1v) is 9.88. The van der Waals surface area contributed by atoms with Crippen LogP contribution in [-0.2, 0) is 10.0 Å². The zero-order valence-electron chi connectivity index (χ0n) is 13.3. The van der Waals surface area contributed by atoms with Crippen molar-refractivity contribution in [1.29, 1.82) is 0 Å². The minimum atomic E-state index is -3.52. The summed E-state index contributed by atoms with van der Waals surface area (Å²) in [5, 5.41) is 0. The molecule has 0 unspecified atom stereocenters. The lowest BCUT2D eigenvalue weighted by Crippen LogP contribution is -2.48. The van der Waals surface area contributed by atoms with Crippen LogP contribution < -0.4 is 10.6 Å². The normalized spacial score (nSPS) is 16.0. The molecule has 0 atom stereocenters. The van der Waals surface area contributed by atoms with E-state index in [1.165, 1.54) is 10.5 Å². The molecule has 1 aromatic heterocycles. The lowest BCUT2D eigenvalue weighted by molar-refractivity contribution is 0.0995. The molecule has 9 heteroatoms. The second kappa shape index (κ2) is 7.11.